The predicted octanol–water partition coefficient (Wildman–Crippen LogP) is 4.72. The third-order valence-electron chi connectivity index (χ3n) is 7.47. The zero-order chi connectivity index (χ0) is 26.0. The number of nitrogens with zero attached hydrogens (tertiary/aromatic N) is 1. The molecule has 9 nitrogen and oxygen atoms in total. The minimum atomic E-state index is -3.88. The number of aromatic nitrogens is 2. The van der Waals surface area contributed by atoms with E-state index >= 15 is 0 Å². The molecule has 1 aliphatic heterocycles. The summed E-state index contributed by atoms with van der Waals surface area (Å²) in [5, 5.41) is 10.9. The van der Waals surface area contributed by atoms with Gasteiger partial charge in [0, 0.05) is 49.2 Å². The molecule has 2 fully saturated rings. The van der Waals surface area contributed by atoms with Gasteiger partial charge in [0.25, 0.3) is 10.0 Å². The summed E-state index contributed by atoms with van der Waals surface area (Å²) < 4.78 is 39.1. The fourth-order valence-corrected chi connectivity index (χ4v) is 6.32. The third kappa shape index (κ3) is 5.75. The van der Waals surface area contributed by atoms with Crippen LogP contribution in [0, 0.1) is 11.8 Å². The molecule has 2 aromatic heterocycles. The fraction of sp³-hybridized carbons (Fsp3) is 0.481. The van der Waals surface area contributed by atoms with Gasteiger partial charge in [-0.3, -0.25) is 4.72 Å². The molecule has 3 aromatic rings. The second-order valence-corrected chi connectivity index (χ2v) is 11.7. The molecular formula is C27H33N3O6S. The van der Waals surface area contributed by atoms with Gasteiger partial charge in [-0.2, -0.15) is 8.42 Å². The number of imidazole rings is 1. The monoisotopic (exact) mass is 527 g/mol. The van der Waals surface area contributed by atoms with Crippen molar-refractivity contribution in [1.29, 1.82) is 0 Å². The van der Waals surface area contributed by atoms with Gasteiger partial charge >= 0.3 is 5.63 Å². The molecule has 1 aromatic carbocycles. The zero-order valence-electron chi connectivity index (χ0n) is 20.9. The van der Waals surface area contributed by atoms with Crippen molar-refractivity contribution in [2.75, 3.05) is 17.9 Å². The Hall–Kier alpha value is -3.11. The maximum Gasteiger partial charge on any atom is 0.343 e. The van der Waals surface area contributed by atoms with Gasteiger partial charge in [0.15, 0.2) is 0 Å². The first kappa shape index (κ1) is 25.5. The van der Waals surface area contributed by atoms with Crippen LogP contribution in [-0.4, -0.2) is 36.7 Å². The van der Waals surface area contributed by atoms with E-state index in [0.717, 1.165) is 57.3 Å². The summed E-state index contributed by atoms with van der Waals surface area (Å²) in [5.41, 5.74) is 0.798. The molecule has 1 saturated heterocycles. The molecule has 5 rings (SSSR count). The molecule has 2 unspecified atom stereocenters. The molecule has 10 heteroatoms. The maximum atomic E-state index is 13.3. The Morgan fingerprint density at radius 2 is 1.97 bits per heavy atom. The van der Waals surface area contributed by atoms with E-state index in [1.165, 1.54) is 12.4 Å². The van der Waals surface area contributed by atoms with E-state index in [-0.39, 0.29) is 28.3 Å². The number of aromatic amines is 1. The van der Waals surface area contributed by atoms with Crippen LogP contribution in [0.4, 0.5) is 5.69 Å². The summed E-state index contributed by atoms with van der Waals surface area (Å²) >= 11 is 0. The molecule has 198 valence electrons. The second-order valence-electron chi connectivity index (χ2n) is 10.1. The van der Waals surface area contributed by atoms with Crippen molar-refractivity contribution in [2.24, 2.45) is 11.8 Å². The molecule has 0 bridgehead atoms. The number of ether oxygens (including phenoxy) is 1. The van der Waals surface area contributed by atoms with Crippen LogP contribution < -0.4 is 10.3 Å². The van der Waals surface area contributed by atoms with Gasteiger partial charge in [-0.1, -0.05) is 19.1 Å². The third-order valence-corrected chi connectivity index (χ3v) is 8.71. The molecule has 0 radical (unpaired) electrons. The van der Waals surface area contributed by atoms with E-state index in [1.807, 2.05) is 6.07 Å². The van der Waals surface area contributed by atoms with Gasteiger partial charge in [0.2, 0.25) is 5.16 Å². The minimum Gasteiger partial charge on any atom is -0.507 e. The van der Waals surface area contributed by atoms with Crippen molar-refractivity contribution < 1.29 is 22.7 Å². The van der Waals surface area contributed by atoms with Crippen molar-refractivity contribution in [3.63, 3.8) is 0 Å². The number of benzene rings is 1. The Morgan fingerprint density at radius 3 is 2.62 bits per heavy atom. The molecular weight excluding hydrogens is 494 g/mol. The number of hydrogen-bond acceptors (Lipinski definition) is 7. The van der Waals surface area contributed by atoms with Gasteiger partial charge in [-0.05, 0) is 68.1 Å². The van der Waals surface area contributed by atoms with E-state index < -0.39 is 21.6 Å². The van der Waals surface area contributed by atoms with E-state index in [9.17, 15) is 18.3 Å². The Labute approximate surface area is 216 Å². The van der Waals surface area contributed by atoms with Gasteiger partial charge in [-0.25, -0.2) is 9.78 Å². The molecule has 2 aliphatic rings. The fourth-order valence-electron chi connectivity index (χ4n) is 5.37. The van der Waals surface area contributed by atoms with Crippen molar-refractivity contribution in [3.05, 3.63) is 70.0 Å². The van der Waals surface area contributed by atoms with E-state index in [2.05, 4.69) is 21.6 Å². The predicted molar refractivity (Wildman–Crippen MR) is 138 cm³/mol. The molecule has 1 aliphatic carbocycles. The maximum absolute atomic E-state index is 13.3. The lowest BCUT2D eigenvalue weighted by atomic mass is 9.84. The molecule has 3 heterocycles. The highest BCUT2D eigenvalue weighted by molar-refractivity contribution is 7.92. The molecule has 1 saturated carbocycles. The summed E-state index contributed by atoms with van der Waals surface area (Å²) in [6.07, 6.45) is 8.32. The highest BCUT2D eigenvalue weighted by Crippen LogP contribution is 2.48. The number of aromatic hydroxyl groups is 1. The van der Waals surface area contributed by atoms with E-state index in [0.29, 0.717) is 17.4 Å². The molecule has 0 amide bonds. The number of nitrogens with one attached hydrogen (secondary N) is 2. The summed E-state index contributed by atoms with van der Waals surface area (Å²) in [7, 11) is -3.88. The zero-order valence-corrected chi connectivity index (χ0v) is 21.7. The highest BCUT2D eigenvalue weighted by atomic mass is 32.2. The van der Waals surface area contributed by atoms with Gasteiger partial charge < -0.3 is 19.2 Å². The number of anilines is 1. The first-order valence-corrected chi connectivity index (χ1v) is 14.4. The normalized spacial score (nSPS) is 18.4. The van der Waals surface area contributed by atoms with Crippen molar-refractivity contribution >= 4 is 15.7 Å². The SMILES string of the molecule is CCC(CC1CCOCC1)c1cc(O)c(C(c2cccc(NS(=O)(=O)c3ncc[nH]3)c2)C2CC2)c(=O)o1. The van der Waals surface area contributed by atoms with Crippen LogP contribution in [0.1, 0.15) is 74.2 Å². The highest BCUT2D eigenvalue weighted by Gasteiger charge is 2.38. The Bertz CT molecular complexity index is 1380. The smallest absolute Gasteiger partial charge is 0.343 e. The van der Waals surface area contributed by atoms with Crippen LogP contribution in [0.5, 0.6) is 5.75 Å². The van der Waals surface area contributed by atoms with Gasteiger partial charge in [0.05, 0.1) is 5.56 Å². The minimum absolute atomic E-state index is 0.0504. The average molecular weight is 528 g/mol. The first-order chi connectivity index (χ1) is 17.9. The van der Waals surface area contributed by atoms with Crippen LogP contribution in [0.15, 0.2) is 57.1 Å². The van der Waals surface area contributed by atoms with Crippen molar-refractivity contribution in [1.82, 2.24) is 9.97 Å². The van der Waals surface area contributed by atoms with E-state index in [1.54, 1.807) is 24.3 Å². The quantitative estimate of drug-likeness (QED) is 0.347. The first-order valence-electron chi connectivity index (χ1n) is 12.9. The topological polar surface area (TPSA) is 135 Å². The number of hydrogen-bond donors (Lipinski definition) is 3. The van der Waals surface area contributed by atoms with Gasteiger partial charge in [-0.15, -0.1) is 0 Å². The summed E-state index contributed by atoms with van der Waals surface area (Å²) in [4.78, 5) is 19.7. The lowest BCUT2D eigenvalue weighted by Crippen LogP contribution is -2.20. The van der Waals surface area contributed by atoms with Gasteiger partial charge in [0.1, 0.15) is 11.5 Å². The number of H-pyrrole nitrogens is 1. The van der Waals surface area contributed by atoms with Crippen molar-refractivity contribution in [2.45, 2.75) is 62.4 Å². The number of rotatable bonds is 10. The van der Waals surface area contributed by atoms with Crippen LogP contribution in [0.3, 0.4) is 0 Å². The lowest BCUT2D eigenvalue weighted by Gasteiger charge is -2.26. The summed E-state index contributed by atoms with van der Waals surface area (Å²) in [5.74, 6) is 0.798. The van der Waals surface area contributed by atoms with Crippen LogP contribution in [0.25, 0.3) is 0 Å². The van der Waals surface area contributed by atoms with Crippen molar-refractivity contribution in [3.8, 4) is 5.75 Å². The Balaban J connectivity index is 1.43. The van der Waals surface area contributed by atoms with E-state index in [4.69, 9.17) is 9.15 Å². The molecule has 2 atom stereocenters. The molecule has 3 N–H and O–H groups in total. The summed E-state index contributed by atoms with van der Waals surface area (Å²) in [6, 6.07) is 8.54. The Kier molecular flexibility index (Phi) is 7.39. The van der Waals surface area contributed by atoms with Crippen LogP contribution in [-0.2, 0) is 14.8 Å². The standard InChI is InChI=1S/C27H33N3O6S/c1-2-18(14-17-8-12-35-13-9-17)23-16-22(31)25(26(32)36-23)24(19-6-7-19)20-4-3-5-21(15-20)30-37(33,34)27-28-10-11-29-27/h3-5,10-11,15-19,24,30-31H,2,6-9,12-14H2,1H3,(H,28,29). The second kappa shape index (κ2) is 10.7. The summed E-state index contributed by atoms with van der Waals surface area (Å²) in [6.45, 7) is 3.58. The average Bonchev–Trinajstić information content (AvgIpc) is 3.55. The van der Waals surface area contributed by atoms with Crippen LogP contribution in [0.2, 0.25) is 0 Å². The Morgan fingerprint density at radius 1 is 1.19 bits per heavy atom. The lowest BCUT2D eigenvalue weighted by molar-refractivity contribution is 0.0606. The molecule has 0 spiro atoms. The molecule has 37 heavy (non-hydrogen) atoms. The number of sulfonamides is 1. The van der Waals surface area contributed by atoms with Crippen LogP contribution >= 0.6 is 0 Å². The largest absolute Gasteiger partial charge is 0.507 e.